The molecule has 2 saturated heterocycles. The van der Waals surface area contributed by atoms with E-state index in [-0.39, 0.29) is 22.1 Å². The maximum absolute atomic E-state index is 12.7. The minimum Gasteiger partial charge on any atom is -0.493 e. The van der Waals surface area contributed by atoms with Crippen molar-refractivity contribution in [2.24, 2.45) is 0 Å². The van der Waals surface area contributed by atoms with E-state index in [0.29, 0.717) is 46.4 Å². The van der Waals surface area contributed by atoms with E-state index < -0.39 is 0 Å². The molecule has 222 valence electrons. The van der Waals surface area contributed by atoms with Gasteiger partial charge in [-0.05, 0) is 61.5 Å². The van der Waals surface area contributed by atoms with Crippen LogP contribution in [0, 0.1) is 0 Å². The second kappa shape index (κ2) is 19.1. The molecular weight excluding hydrogens is 617 g/mol. The molecule has 10 heteroatoms. The maximum atomic E-state index is 12.7. The van der Waals surface area contributed by atoms with Gasteiger partial charge in [-0.3, -0.25) is 9.59 Å². The van der Waals surface area contributed by atoms with Crippen LogP contribution in [0.25, 0.3) is 0 Å². The zero-order valence-electron chi connectivity index (χ0n) is 23.6. The first kappa shape index (κ1) is 34.2. The Hall–Kier alpha value is -0.260. The van der Waals surface area contributed by atoms with Crippen LogP contribution in [0.4, 0.5) is 0 Å². The molecule has 0 radical (unpaired) electrons. The van der Waals surface area contributed by atoms with Crippen molar-refractivity contribution in [3.8, 4) is 11.5 Å². The lowest BCUT2D eigenvalue weighted by Gasteiger charge is -2.18. The third-order valence-corrected chi connectivity index (χ3v) is 15.2. The number of Topliss-reactive ketones (excluding diaryl/α,β-unsaturated/α-hetero) is 2. The van der Waals surface area contributed by atoms with Gasteiger partial charge in [0.15, 0.2) is 11.6 Å². The summed E-state index contributed by atoms with van der Waals surface area (Å²) in [6.45, 7) is 12.2. The number of allylic oxidation sites excluding steroid dienone is 2. The molecule has 1 aromatic carbocycles. The highest BCUT2D eigenvalue weighted by molar-refractivity contribution is 8.20. The molecule has 0 aliphatic carbocycles. The third-order valence-electron chi connectivity index (χ3n) is 6.26. The van der Waals surface area contributed by atoms with Crippen LogP contribution >= 0.6 is 70.6 Å². The number of ketones is 2. The zero-order valence-corrected chi connectivity index (χ0v) is 28.5. The van der Waals surface area contributed by atoms with Crippen molar-refractivity contribution in [2.75, 3.05) is 47.7 Å². The first-order chi connectivity index (χ1) is 19.3. The van der Waals surface area contributed by atoms with E-state index in [4.69, 9.17) is 9.47 Å². The van der Waals surface area contributed by atoms with Crippen LogP contribution in [0.1, 0.15) is 39.5 Å². The summed E-state index contributed by atoms with van der Waals surface area (Å²) in [6, 6.07) is 7.61. The molecule has 0 aromatic heterocycles. The number of hydrogen-bond donors (Lipinski definition) is 0. The van der Waals surface area contributed by atoms with E-state index in [1.165, 1.54) is 23.0 Å². The van der Waals surface area contributed by atoms with Crippen LogP contribution in [0.5, 0.6) is 11.5 Å². The molecule has 4 nitrogen and oxygen atoms in total. The van der Waals surface area contributed by atoms with Gasteiger partial charge in [-0.2, -0.15) is 23.5 Å². The van der Waals surface area contributed by atoms with Gasteiger partial charge in [0.2, 0.25) is 0 Å². The van der Waals surface area contributed by atoms with E-state index in [0.717, 1.165) is 35.8 Å². The summed E-state index contributed by atoms with van der Waals surface area (Å²) < 4.78 is 13.4. The largest absolute Gasteiger partial charge is 0.493 e. The van der Waals surface area contributed by atoms with Crippen molar-refractivity contribution >= 4 is 82.1 Å². The van der Waals surface area contributed by atoms with E-state index in [2.05, 4.69) is 13.2 Å². The van der Waals surface area contributed by atoms with Crippen molar-refractivity contribution in [3.63, 3.8) is 0 Å². The lowest BCUT2D eigenvalue weighted by Crippen LogP contribution is -2.22. The van der Waals surface area contributed by atoms with Crippen molar-refractivity contribution < 1.29 is 19.1 Å². The molecule has 2 unspecified atom stereocenters. The molecule has 40 heavy (non-hydrogen) atoms. The normalized spacial score (nSPS) is 17.4. The highest BCUT2D eigenvalue weighted by Crippen LogP contribution is 2.37. The first-order valence-electron chi connectivity index (χ1n) is 13.8. The fourth-order valence-electron chi connectivity index (χ4n) is 4.11. The molecule has 3 rings (SSSR count). The second-order valence-corrected chi connectivity index (χ2v) is 18.1. The molecule has 2 aliphatic rings. The van der Waals surface area contributed by atoms with Gasteiger partial charge in [-0.1, -0.05) is 19.2 Å². The predicted octanol–water partition coefficient (Wildman–Crippen LogP) is 8.11. The highest BCUT2D eigenvalue weighted by Gasteiger charge is 2.23. The number of carbonyl (C=O) groups excluding carboxylic acids is 2. The van der Waals surface area contributed by atoms with E-state index in [1.807, 2.05) is 71.3 Å². The van der Waals surface area contributed by atoms with Crippen LogP contribution in [0.3, 0.4) is 0 Å². The number of hydrogen-bond acceptors (Lipinski definition) is 10. The lowest BCUT2D eigenvalue weighted by atomic mass is 10.1. The molecule has 0 bridgehead atoms. The fourth-order valence-corrected chi connectivity index (χ4v) is 12.9. The summed E-state index contributed by atoms with van der Waals surface area (Å²) in [7, 11) is 0. The molecule has 2 fully saturated rings. The molecule has 2 aliphatic heterocycles. The molecule has 2 heterocycles. The summed E-state index contributed by atoms with van der Waals surface area (Å²) in [6.07, 6.45) is 3.53. The smallest absolute Gasteiger partial charge is 0.171 e. The van der Waals surface area contributed by atoms with E-state index >= 15 is 0 Å². The van der Waals surface area contributed by atoms with Gasteiger partial charge in [0.1, 0.15) is 11.5 Å². The third kappa shape index (κ3) is 12.5. The number of ether oxygens (including phenoxy) is 2. The van der Waals surface area contributed by atoms with Crippen LogP contribution in [0.2, 0.25) is 0 Å². The fraction of sp³-hybridized carbons (Fsp3) is 0.600. The summed E-state index contributed by atoms with van der Waals surface area (Å²) in [5.41, 5.74) is 1.21. The van der Waals surface area contributed by atoms with Crippen molar-refractivity contribution in [1.82, 2.24) is 0 Å². The lowest BCUT2D eigenvalue weighted by molar-refractivity contribution is -0.116. The Morgan fingerprint density at radius 2 is 1.20 bits per heavy atom. The first-order valence-corrected chi connectivity index (χ1v) is 20.1. The average molecular weight is 659 g/mol. The summed E-state index contributed by atoms with van der Waals surface area (Å²) in [5, 5.41) is -0.251. The van der Waals surface area contributed by atoms with Gasteiger partial charge in [0.25, 0.3) is 0 Å². The minimum atomic E-state index is -0.125. The van der Waals surface area contributed by atoms with Crippen LogP contribution in [-0.2, 0) is 9.59 Å². The Morgan fingerprint density at radius 1 is 0.800 bits per heavy atom. The predicted molar refractivity (Wildman–Crippen MR) is 185 cm³/mol. The number of benzene rings is 1. The van der Waals surface area contributed by atoms with E-state index in [1.54, 1.807) is 37.4 Å². The minimum absolute atomic E-state index is 0.120. The van der Waals surface area contributed by atoms with Crippen molar-refractivity contribution in [1.29, 1.82) is 0 Å². The monoisotopic (exact) mass is 658 g/mol. The van der Waals surface area contributed by atoms with Gasteiger partial charge >= 0.3 is 0 Å². The van der Waals surface area contributed by atoms with Crippen LogP contribution in [-0.4, -0.2) is 79.0 Å². The molecule has 0 spiro atoms. The molecule has 0 amide bonds. The Bertz CT molecular complexity index is 901. The Labute approximate surface area is 266 Å². The van der Waals surface area contributed by atoms with Gasteiger partial charge in [0.05, 0.1) is 32.9 Å². The topological polar surface area (TPSA) is 52.6 Å². The number of rotatable bonds is 20. The Kier molecular flexibility index (Phi) is 16.4. The van der Waals surface area contributed by atoms with Gasteiger partial charge in [0, 0.05) is 41.9 Å². The standard InChI is InChI=1S/C30H42O4S6/c1-21(2)29(31)25(35-14-10-27-37-16-17-38-27)8-12-33-23-6-5-7-24(20-23)34-13-9-26(30(32)22(3)4)36-15-11-28-39-18-19-40-28/h5-7,20,25-28H,1,3,8-19H2,2,4H3. The highest BCUT2D eigenvalue weighted by atomic mass is 32.2. The second-order valence-electron chi connectivity index (χ2n) is 9.68. The average Bonchev–Trinajstić information content (AvgIpc) is 3.65. The summed E-state index contributed by atoms with van der Waals surface area (Å²) >= 11 is 11.6. The van der Waals surface area contributed by atoms with Crippen molar-refractivity contribution in [3.05, 3.63) is 48.6 Å². The van der Waals surface area contributed by atoms with Crippen molar-refractivity contribution in [2.45, 2.75) is 59.2 Å². The molecule has 2 atom stereocenters. The number of carbonyl (C=O) groups is 2. The van der Waals surface area contributed by atoms with Gasteiger partial charge in [-0.15, -0.1) is 47.0 Å². The zero-order chi connectivity index (χ0) is 28.7. The van der Waals surface area contributed by atoms with E-state index in [9.17, 15) is 9.59 Å². The van der Waals surface area contributed by atoms with Crippen LogP contribution in [0.15, 0.2) is 48.6 Å². The molecule has 0 N–H and O–H groups in total. The SMILES string of the molecule is C=C(C)C(=O)C(CCOc1cccc(OCCC(SCCC2SCCS2)C(=O)C(=C)C)c1)SCCC1SCCS1. The summed E-state index contributed by atoms with van der Waals surface area (Å²) in [4.78, 5) is 25.4. The summed E-state index contributed by atoms with van der Waals surface area (Å²) in [5.74, 6) is 8.56. The van der Waals surface area contributed by atoms with Crippen LogP contribution < -0.4 is 9.47 Å². The molecule has 1 aromatic rings. The van der Waals surface area contributed by atoms with Gasteiger partial charge < -0.3 is 9.47 Å². The van der Waals surface area contributed by atoms with Gasteiger partial charge in [-0.25, -0.2) is 0 Å². The Morgan fingerprint density at radius 3 is 1.57 bits per heavy atom. The molecule has 0 saturated carbocycles. The maximum Gasteiger partial charge on any atom is 0.171 e. The number of thioether (sulfide) groups is 6. The molecular formula is C30H42O4S6. The quantitative estimate of drug-likeness (QED) is 0.128. The Balaban J connectivity index is 1.43.